The predicted octanol–water partition coefficient (Wildman–Crippen LogP) is 3.41. The second-order valence-electron chi connectivity index (χ2n) is 17.3. The van der Waals surface area contributed by atoms with E-state index in [1.54, 1.807) is 12.4 Å². The fraction of sp³-hybridized carbons (Fsp3) is 0.391. The van der Waals surface area contributed by atoms with Crippen molar-refractivity contribution in [2.75, 3.05) is 86.3 Å². The smallest absolute Gasteiger partial charge is 0.261 e. The summed E-state index contributed by atoms with van der Waals surface area (Å²) in [6.07, 6.45) is 9.96. The molecule has 0 unspecified atom stereocenters. The number of amides is 2. The molecule has 20 nitrogen and oxygen atoms in total. The molecule has 2 aromatic carbocycles. The highest BCUT2D eigenvalue weighted by atomic mass is 16.5. The van der Waals surface area contributed by atoms with Gasteiger partial charge in [0.15, 0.2) is 22.9 Å². The second-order valence-corrected chi connectivity index (χ2v) is 17.3. The van der Waals surface area contributed by atoms with Gasteiger partial charge in [-0.1, -0.05) is 0 Å². The number of morpholine rings is 2. The molecule has 4 aliphatic heterocycles. The number of aliphatic hydroxyl groups excluding tert-OH is 2. The summed E-state index contributed by atoms with van der Waals surface area (Å²) in [5, 5.41) is 33.9. The number of Topliss-reactive ketones (excluding diaryl/α,β-unsaturated/α-hetero) is 2. The molecule has 344 valence electrons. The van der Waals surface area contributed by atoms with Crippen LogP contribution in [0.2, 0.25) is 0 Å². The van der Waals surface area contributed by atoms with Crippen LogP contribution >= 0.6 is 0 Å². The van der Waals surface area contributed by atoms with Crippen molar-refractivity contribution in [2.24, 2.45) is 0 Å². The average Bonchev–Trinajstić information content (AvgIpc) is 4.11. The van der Waals surface area contributed by atoms with Crippen LogP contribution in [0.1, 0.15) is 80.3 Å². The van der Waals surface area contributed by atoms with Crippen LogP contribution in [0.25, 0.3) is 11.3 Å². The number of aliphatic hydroxyl groups is 2. The Morgan fingerprint density at radius 1 is 0.621 bits per heavy atom. The van der Waals surface area contributed by atoms with Crippen molar-refractivity contribution in [1.29, 1.82) is 0 Å². The molecule has 20 heteroatoms. The molecule has 4 N–H and O–H groups in total. The lowest BCUT2D eigenvalue weighted by Gasteiger charge is -2.31. The van der Waals surface area contributed by atoms with Crippen molar-refractivity contribution in [3.63, 3.8) is 0 Å². The minimum absolute atomic E-state index is 0.105. The van der Waals surface area contributed by atoms with Crippen molar-refractivity contribution >= 4 is 57.4 Å². The molecular formula is C46H50N10O10. The number of benzene rings is 2. The third-order valence-corrected chi connectivity index (χ3v) is 12.1. The topological polar surface area (TPSA) is 237 Å². The van der Waals surface area contributed by atoms with Crippen molar-refractivity contribution in [1.82, 2.24) is 29.2 Å². The van der Waals surface area contributed by atoms with E-state index >= 15 is 0 Å². The lowest BCUT2D eigenvalue weighted by Crippen LogP contribution is -2.36. The molecule has 2 amide bonds. The SMILES string of the molecule is CC(=O)c1cnc2c(C(=O)Nc3cc4c(cc3N3CCOCC3)O[C@@](C)(CO)C4)cnn2c1.CC(=O)c1cnc2c(C(=O)Nc3cc4c(cc3N3CCOCC3)O[C@](C)(CO)C4)cnn2c1. The summed E-state index contributed by atoms with van der Waals surface area (Å²) in [7, 11) is 0. The second kappa shape index (κ2) is 17.8. The molecule has 8 heterocycles. The van der Waals surface area contributed by atoms with Gasteiger partial charge in [-0.15, -0.1) is 0 Å². The normalized spacial score (nSPS) is 19.9. The van der Waals surface area contributed by atoms with Crippen LogP contribution in [0.5, 0.6) is 11.5 Å². The molecule has 0 aliphatic carbocycles. The van der Waals surface area contributed by atoms with E-state index in [1.807, 2.05) is 38.1 Å². The van der Waals surface area contributed by atoms with Crippen molar-refractivity contribution in [2.45, 2.75) is 51.7 Å². The number of hydrogen-bond acceptors (Lipinski definition) is 16. The number of aromatic nitrogens is 6. The fourth-order valence-corrected chi connectivity index (χ4v) is 8.42. The highest BCUT2D eigenvalue weighted by Gasteiger charge is 2.37. The minimum Gasteiger partial charge on any atom is -0.484 e. The summed E-state index contributed by atoms with van der Waals surface area (Å²) in [4.78, 5) is 62.5. The molecule has 0 radical (unpaired) electrons. The number of nitrogens with zero attached hydrogens (tertiary/aromatic N) is 8. The van der Waals surface area contributed by atoms with E-state index in [2.05, 4.69) is 40.6 Å². The van der Waals surface area contributed by atoms with Gasteiger partial charge in [0.25, 0.3) is 11.8 Å². The number of anilines is 4. The van der Waals surface area contributed by atoms with E-state index in [-0.39, 0.29) is 36.6 Å². The molecule has 6 aromatic rings. The quantitative estimate of drug-likeness (QED) is 0.144. The van der Waals surface area contributed by atoms with Gasteiger partial charge in [-0.05, 0) is 39.8 Å². The number of carbonyl (C=O) groups is 4. The summed E-state index contributed by atoms with van der Waals surface area (Å²) < 4.78 is 25.9. The van der Waals surface area contributed by atoms with E-state index in [0.29, 0.717) is 122 Å². The van der Waals surface area contributed by atoms with Crippen molar-refractivity contribution in [3.05, 3.63) is 94.8 Å². The number of fused-ring (bicyclic) bond motifs is 4. The van der Waals surface area contributed by atoms with E-state index in [4.69, 9.17) is 18.9 Å². The monoisotopic (exact) mass is 902 g/mol. The summed E-state index contributed by atoms with van der Waals surface area (Å²) in [6, 6.07) is 7.66. The fourth-order valence-electron chi connectivity index (χ4n) is 8.42. The Bertz CT molecular complexity index is 2690. The van der Waals surface area contributed by atoms with E-state index in [0.717, 1.165) is 22.5 Å². The molecule has 0 spiro atoms. The molecular weight excluding hydrogens is 853 g/mol. The lowest BCUT2D eigenvalue weighted by molar-refractivity contribution is 0.0446. The lowest BCUT2D eigenvalue weighted by atomic mass is 9.99. The third kappa shape index (κ3) is 8.74. The highest BCUT2D eigenvalue weighted by molar-refractivity contribution is 6.10. The molecule has 66 heavy (non-hydrogen) atoms. The first-order valence-electron chi connectivity index (χ1n) is 21.6. The summed E-state index contributed by atoms with van der Waals surface area (Å²) >= 11 is 0. The number of nitrogens with one attached hydrogen (secondary N) is 2. The molecule has 10 rings (SSSR count). The number of carbonyl (C=O) groups excluding carboxylic acids is 4. The Labute approximate surface area is 378 Å². The maximum atomic E-state index is 13.2. The van der Waals surface area contributed by atoms with Gasteiger partial charge >= 0.3 is 0 Å². The Kier molecular flexibility index (Phi) is 11.9. The highest BCUT2D eigenvalue weighted by Crippen LogP contribution is 2.43. The van der Waals surface area contributed by atoms with Gasteiger partial charge in [0.05, 0.1) is 85.9 Å². The van der Waals surface area contributed by atoms with Gasteiger partial charge in [-0.3, -0.25) is 19.2 Å². The minimum atomic E-state index is -0.686. The first kappa shape index (κ1) is 44.2. The summed E-state index contributed by atoms with van der Waals surface area (Å²) in [5.74, 6) is 0.450. The molecule has 0 bridgehead atoms. The van der Waals surface area contributed by atoms with Gasteiger partial charge in [0.1, 0.15) is 33.8 Å². The standard InChI is InChI=1S/2C23H25N5O5/c2*1-14(30)16-10-24-21-17(11-25-28(21)12-16)22(31)26-18-7-15-9-23(2,13-29)33-20(15)8-19(18)27-3-5-32-6-4-27/h2*7-8,10-12,29H,3-6,9,13H2,1-2H3,(H,26,31)/t2*23-/m10/s1. The third-order valence-electron chi connectivity index (χ3n) is 12.1. The van der Waals surface area contributed by atoms with Crippen LogP contribution in [0.15, 0.2) is 61.4 Å². The van der Waals surface area contributed by atoms with Crippen molar-refractivity contribution in [3.8, 4) is 11.5 Å². The zero-order chi connectivity index (χ0) is 46.3. The van der Waals surface area contributed by atoms with Gasteiger partial charge < -0.3 is 49.6 Å². The Balaban J connectivity index is 0.000000166. The van der Waals surface area contributed by atoms with Crippen LogP contribution in [-0.2, 0) is 22.3 Å². The van der Waals surface area contributed by atoms with Crippen LogP contribution in [0, 0.1) is 0 Å². The van der Waals surface area contributed by atoms with Crippen LogP contribution < -0.4 is 29.9 Å². The average molecular weight is 903 g/mol. The Morgan fingerprint density at radius 3 is 1.38 bits per heavy atom. The van der Waals surface area contributed by atoms with Gasteiger partial charge in [-0.25, -0.2) is 19.0 Å². The van der Waals surface area contributed by atoms with Crippen LogP contribution in [-0.4, -0.2) is 140 Å². The number of hydrogen-bond donors (Lipinski definition) is 4. The largest absolute Gasteiger partial charge is 0.484 e. The maximum absolute atomic E-state index is 13.2. The molecule has 2 saturated heterocycles. The number of ketones is 2. The zero-order valence-corrected chi connectivity index (χ0v) is 37.0. The van der Waals surface area contributed by atoms with Crippen LogP contribution in [0.3, 0.4) is 0 Å². The van der Waals surface area contributed by atoms with Crippen LogP contribution in [0.4, 0.5) is 22.7 Å². The number of ether oxygens (including phenoxy) is 4. The molecule has 0 saturated carbocycles. The summed E-state index contributed by atoms with van der Waals surface area (Å²) in [5.41, 5.74) is 5.57. The van der Waals surface area contributed by atoms with Crippen molar-refractivity contribution < 1.29 is 48.3 Å². The zero-order valence-electron chi connectivity index (χ0n) is 37.0. The van der Waals surface area contributed by atoms with E-state index in [9.17, 15) is 29.4 Å². The predicted molar refractivity (Wildman–Crippen MR) is 240 cm³/mol. The molecule has 2 fully saturated rings. The van der Waals surface area contributed by atoms with Gasteiger partial charge in [0.2, 0.25) is 0 Å². The summed E-state index contributed by atoms with van der Waals surface area (Å²) in [6.45, 7) is 11.5. The van der Waals surface area contributed by atoms with E-state index in [1.165, 1.54) is 47.7 Å². The molecule has 4 aromatic heterocycles. The maximum Gasteiger partial charge on any atom is 0.261 e. The van der Waals surface area contributed by atoms with Gasteiger partial charge in [-0.2, -0.15) is 10.2 Å². The Hall–Kier alpha value is -7.00. The Morgan fingerprint density at radius 2 is 1.02 bits per heavy atom. The first-order chi connectivity index (χ1) is 31.7. The van der Waals surface area contributed by atoms with E-state index < -0.39 is 11.2 Å². The van der Waals surface area contributed by atoms with Gasteiger partial charge in [0, 0.05) is 87.1 Å². The molecule has 2 atom stereocenters. The number of rotatable bonds is 10. The molecule has 4 aliphatic rings. The first-order valence-corrected chi connectivity index (χ1v) is 21.6.